The van der Waals surface area contributed by atoms with E-state index in [-0.39, 0.29) is 17.7 Å². The second-order valence-electron chi connectivity index (χ2n) is 5.28. The fourth-order valence-electron chi connectivity index (χ4n) is 3.05. The smallest absolute Gasteiger partial charge is 0.304 e. The van der Waals surface area contributed by atoms with Crippen LogP contribution in [0.25, 0.3) is 0 Å². The van der Waals surface area contributed by atoms with E-state index < -0.39 is 5.97 Å². The minimum absolute atomic E-state index is 0.167. The Hall–Kier alpha value is -1.10. The van der Waals surface area contributed by atoms with E-state index >= 15 is 0 Å². The Bertz CT molecular complexity index is 332. The van der Waals surface area contributed by atoms with E-state index in [0.717, 1.165) is 38.9 Å². The van der Waals surface area contributed by atoms with Gasteiger partial charge in [-0.15, -0.1) is 0 Å². The lowest BCUT2D eigenvalue weighted by atomic mass is 9.78. The highest BCUT2D eigenvalue weighted by Crippen LogP contribution is 2.39. The summed E-state index contributed by atoms with van der Waals surface area (Å²) in [5.74, 6) is -0.514. The average Bonchev–Trinajstić information content (AvgIpc) is 2.68. The molecule has 1 spiro atoms. The third-order valence-corrected chi connectivity index (χ3v) is 4.02. The number of piperidine rings is 1. The van der Waals surface area contributed by atoms with Crippen molar-refractivity contribution in [3.05, 3.63) is 0 Å². The Morgan fingerprint density at radius 3 is 2.88 bits per heavy atom. The van der Waals surface area contributed by atoms with Crippen LogP contribution in [0.15, 0.2) is 0 Å². The van der Waals surface area contributed by atoms with Gasteiger partial charge >= 0.3 is 5.97 Å². The molecule has 2 saturated heterocycles. The molecule has 2 fully saturated rings. The number of likely N-dealkylation sites (tertiary alicyclic amines) is 2. The number of aliphatic carboxylic acids is 1. The maximum Gasteiger partial charge on any atom is 0.304 e. The topological polar surface area (TPSA) is 60.9 Å². The highest BCUT2D eigenvalue weighted by Gasteiger charge is 2.47. The Morgan fingerprint density at radius 2 is 2.18 bits per heavy atom. The zero-order chi connectivity index (χ0) is 12.5. The molecular formula is C12H20N2O3. The first-order valence-electron chi connectivity index (χ1n) is 6.23. The summed E-state index contributed by atoms with van der Waals surface area (Å²) >= 11 is 0. The van der Waals surface area contributed by atoms with Crippen molar-refractivity contribution < 1.29 is 14.7 Å². The SMILES string of the molecule is CN1CCC[C@@]2(CCN(CCC(=O)O)C2)C1=O. The van der Waals surface area contributed by atoms with Crippen molar-refractivity contribution in [3.8, 4) is 0 Å². The summed E-state index contributed by atoms with van der Waals surface area (Å²) in [5.41, 5.74) is -0.217. The first kappa shape index (κ1) is 12.4. The predicted octanol–water partition coefficient (Wildman–Crippen LogP) is 0.405. The summed E-state index contributed by atoms with van der Waals surface area (Å²) in [6.07, 6.45) is 3.07. The molecule has 0 bridgehead atoms. The summed E-state index contributed by atoms with van der Waals surface area (Å²) in [4.78, 5) is 26.7. The maximum absolute atomic E-state index is 12.2. The Morgan fingerprint density at radius 1 is 1.41 bits per heavy atom. The quantitative estimate of drug-likeness (QED) is 0.776. The van der Waals surface area contributed by atoms with Gasteiger partial charge in [-0.3, -0.25) is 9.59 Å². The lowest BCUT2D eigenvalue weighted by Crippen LogP contribution is -2.48. The number of rotatable bonds is 3. The van der Waals surface area contributed by atoms with Crippen molar-refractivity contribution in [1.29, 1.82) is 0 Å². The molecule has 1 atom stereocenters. The van der Waals surface area contributed by atoms with Crippen LogP contribution in [0.5, 0.6) is 0 Å². The van der Waals surface area contributed by atoms with E-state index in [1.165, 1.54) is 0 Å². The third kappa shape index (κ3) is 2.44. The second-order valence-corrected chi connectivity index (χ2v) is 5.28. The van der Waals surface area contributed by atoms with E-state index in [0.29, 0.717) is 6.54 Å². The summed E-state index contributed by atoms with van der Waals surface area (Å²) in [6, 6.07) is 0. The minimum atomic E-state index is -0.766. The van der Waals surface area contributed by atoms with Crippen molar-refractivity contribution in [3.63, 3.8) is 0 Å². The van der Waals surface area contributed by atoms with Crippen LogP contribution < -0.4 is 0 Å². The Labute approximate surface area is 101 Å². The van der Waals surface area contributed by atoms with Gasteiger partial charge in [-0.05, 0) is 25.8 Å². The fraction of sp³-hybridized carbons (Fsp3) is 0.833. The molecule has 0 aromatic carbocycles. The molecule has 0 unspecified atom stereocenters. The van der Waals surface area contributed by atoms with E-state index in [1.807, 2.05) is 11.9 Å². The number of carboxylic acids is 1. The monoisotopic (exact) mass is 240 g/mol. The summed E-state index contributed by atoms with van der Waals surface area (Å²) in [6.45, 7) is 3.01. The normalized spacial score (nSPS) is 30.2. The first-order chi connectivity index (χ1) is 8.03. The molecule has 0 aliphatic carbocycles. The molecule has 2 heterocycles. The summed E-state index contributed by atoms with van der Waals surface area (Å²) < 4.78 is 0. The van der Waals surface area contributed by atoms with Crippen LogP contribution in [0.4, 0.5) is 0 Å². The number of carbonyl (C=O) groups is 2. The standard InChI is InChI=1S/C12H20N2O3/c1-13-6-2-4-12(11(13)17)5-8-14(9-12)7-3-10(15)16/h2-9H2,1H3,(H,15,16)/t12-/m0/s1. The molecule has 1 N–H and O–H groups in total. The molecule has 2 aliphatic rings. The Kier molecular flexibility index (Phi) is 3.38. The van der Waals surface area contributed by atoms with Crippen molar-refractivity contribution in [2.24, 2.45) is 5.41 Å². The summed E-state index contributed by atoms with van der Waals surface area (Å²) in [5, 5.41) is 8.67. The van der Waals surface area contributed by atoms with Crippen molar-refractivity contribution >= 4 is 11.9 Å². The van der Waals surface area contributed by atoms with Gasteiger partial charge in [0.2, 0.25) is 5.91 Å². The van der Waals surface area contributed by atoms with E-state index in [1.54, 1.807) is 0 Å². The van der Waals surface area contributed by atoms with Crippen molar-refractivity contribution in [2.75, 3.05) is 33.2 Å². The number of hydrogen-bond donors (Lipinski definition) is 1. The Balaban J connectivity index is 1.95. The molecule has 2 rings (SSSR count). The van der Waals surface area contributed by atoms with Gasteiger partial charge in [0.1, 0.15) is 0 Å². The molecular weight excluding hydrogens is 220 g/mol. The van der Waals surface area contributed by atoms with Gasteiger partial charge in [-0.25, -0.2) is 0 Å². The highest BCUT2D eigenvalue weighted by molar-refractivity contribution is 5.83. The molecule has 1 amide bonds. The molecule has 5 heteroatoms. The van der Waals surface area contributed by atoms with Crippen LogP contribution in [0.1, 0.15) is 25.7 Å². The van der Waals surface area contributed by atoms with Crippen molar-refractivity contribution in [2.45, 2.75) is 25.7 Å². The molecule has 0 aromatic rings. The van der Waals surface area contributed by atoms with Gasteiger partial charge in [0.25, 0.3) is 0 Å². The molecule has 5 nitrogen and oxygen atoms in total. The van der Waals surface area contributed by atoms with Gasteiger partial charge in [0.05, 0.1) is 11.8 Å². The molecule has 17 heavy (non-hydrogen) atoms. The largest absolute Gasteiger partial charge is 0.481 e. The maximum atomic E-state index is 12.2. The molecule has 0 radical (unpaired) electrons. The van der Waals surface area contributed by atoms with Crippen LogP contribution in [0.3, 0.4) is 0 Å². The lowest BCUT2D eigenvalue weighted by Gasteiger charge is -2.37. The molecule has 2 aliphatic heterocycles. The predicted molar refractivity (Wildman–Crippen MR) is 62.6 cm³/mol. The first-order valence-corrected chi connectivity index (χ1v) is 6.23. The van der Waals surface area contributed by atoms with Gasteiger partial charge in [-0.1, -0.05) is 0 Å². The third-order valence-electron chi connectivity index (χ3n) is 4.02. The van der Waals surface area contributed by atoms with Crippen LogP contribution >= 0.6 is 0 Å². The molecule has 0 saturated carbocycles. The van der Waals surface area contributed by atoms with E-state index in [2.05, 4.69) is 4.90 Å². The van der Waals surface area contributed by atoms with E-state index in [9.17, 15) is 9.59 Å². The number of nitrogens with zero attached hydrogens (tertiary/aromatic N) is 2. The number of carbonyl (C=O) groups excluding carboxylic acids is 1. The average molecular weight is 240 g/mol. The number of amides is 1. The molecule has 96 valence electrons. The zero-order valence-corrected chi connectivity index (χ0v) is 10.3. The minimum Gasteiger partial charge on any atom is -0.481 e. The highest BCUT2D eigenvalue weighted by atomic mass is 16.4. The fourth-order valence-corrected chi connectivity index (χ4v) is 3.05. The molecule has 0 aromatic heterocycles. The van der Waals surface area contributed by atoms with Gasteiger partial charge in [-0.2, -0.15) is 0 Å². The zero-order valence-electron chi connectivity index (χ0n) is 10.3. The van der Waals surface area contributed by atoms with Crippen LogP contribution in [0, 0.1) is 5.41 Å². The number of carboxylic acid groups (broad SMARTS) is 1. The van der Waals surface area contributed by atoms with Crippen LogP contribution in [0.2, 0.25) is 0 Å². The van der Waals surface area contributed by atoms with Gasteiger partial charge < -0.3 is 14.9 Å². The van der Waals surface area contributed by atoms with Gasteiger partial charge in [0, 0.05) is 26.7 Å². The van der Waals surface area contributed by atoms with E-state index in [4.69, 9.17) is 5.11 Å². The summed E-state index contributed by atoms with van der Waals surface area (Å²) in [7, 11) is 1.86. The second kappa shape index (κ2) is 4.64. The lowest BCUT2D eigenvalue weighted by molar-refractivity contribution is -0.143. The van der Waals surface area contributed by atoms with Crippen LogP contribution in [-0.4, -0.2) is 60.0 Å². The van der Waals surface area contributed by atoms with Crippen molar-refractivity contribution in [1.82, 2.24) is 9.80 Å². The number of hydrogen-bond acceptors (Lipinski definition) is 3. The van der Waals surface area contributed by atoms with Crippen LogP contribution in [-0.2, 0) is 9.59 Å². The van der Waals surface area contributed by atoms with Gasteiger partial charge in [0.15, 0.2) is 0 Å².